The topological polar surface area (TPSA) is 173 Å². The number of guanidine groups is 2. The van der Waals surface area contributed by atoms with Crippen molar-refractivity contribution in [3.63, 3.8) is 0 Å². The molecule has 220 valence electrons. The summed E-state index contributed by atoms with van der Waals surface area (Å²) in [5.41, 5.74) is 23.8. The number of hydrogen-bond acceptors (Lipinski definition) is 5. The minimum atomic E-state index is -0.651. The summed E-state index contributed by atoms with van der Waals surface area (Å²) in [5, 5.41) is 7.87. The van der Waals surface area contributed by atoms with Crippen LogP contribution in [0.2, 0.25) is 0 Å². The Hall–Kier alpha value is -5.48. The van der Waals surface area contributed by atoms with E-state index in [2.05, 4.69) is 25.9 Å². The number of carbonyl (C=O) groups is 2. The molecular weight excluding hydrogens is 540 g/mol. The molecule has 43 heavy (non-hydrogen) atoms. The second-order valence-electron chi connectivity index (χ2n) is 9.83. The lowest BCUT2D eigenvalue weighted by molar-refractivity contribution is 0.0950. The van der Waals surface area contributed by atoms with Crippen LogP contribution in [0.15, 0.2) is 113 Å². The lowest BCUT2D eigenvalue weighted by atomic mass is 9.99. The van der Waals surface area contributed by atoms with Gasteiger partial charge in [0, 0.05) is 18.7 Å². The van der Waals surface area contributed by atoms with E-state index in [4.69, 9.17) is 17.2 Å². The Morgan fingerprint density at radius 1 is 0.628 bits per heavy atom. The molecule has 0 heterocycles. The van der Waals surface area contributed by atoms with Gasteiger partial charge in [0.2, 0.25) is 0 Å². The third kappa shape index (κ3) is 9.83. The molecule has 10 nitrogen and oxygen atoms in total. The van der Waals surface area contributed by atoms with Gasteiger partial charge < -0.3 is 22.5 Å². The molecule has 3 amide bonds. The SMILES string of the molecule is NCc1cccc(CN=C(N)NC(=O)NC(N)=NCc2cccc(CNC(=O)c3ccccc3Cc3ccccc3)c2)c1. The van der Waals surface area contributed by atoms with Gasteiger partial charge in [-0.05, 0) is 45.9 Å². The fourth-order valence-corrected chi connectivity index (χ4v) is 4.38. The zero-order valence-electron chi connectivity index (χ0n) is 23.8. The normalized spacial score (nSPS) is 11.6. The maximum Gasteiger partial charge on any atom is 0.328 e. The third-order valence-electron chi connectivity index (χ3n) is 6.52. The molecule has 0 aliphatic carbocycles. The first-order valence-corrected chi connectivity index (χ1v) is 13.8. The Morgan fingerprint density at radius 3 is 1.81 bits per heavy atom. The van der Waals surface area contributed by atoms with E-state index in [9.17, 15) is 9.59 Å². The number of benzene rings is 4. The molecule has 0 saturated heterocycles. The van der Waals surface area contributed by atoms with Gasteiger partial charge in [0.1, 0.15) is 0 Å². The Balaban J connectivity index is 1.26. The predicted molar refractivity (Wildman–Crippen MR) is 170 cm³/mol. The van der Waals surface area contributed by atoms with Crippen LogP contribution >= 0.6 is 0 Å². The summed E-state index contributed by atoms with van der Waals surface area (Å²) in [7, 11) is 0. The van der Waals surface area contributed by atoms with Gasteiger partial charge in [-0.1, -0.05) is 97.1 Å². The molecular formula is C33H36N8O2. The Bertz CT molecular complexity index is 1600. The number of hydrogen-bond donors (Lipinski definition) is 6. The van der Waals surface area contributed by atoms with Crippen LogP contribution in [0.3, 0.4) is 0 Å². The molecule has 4 aromatic carbocycles. The Morgan fingerprint density at radius 2 is 1.16 bits per heavy atom. The minimum absolute atomic E-state index is 0.0547. The molecule has 0 unspecified atom stereocenters. The van der Waals surface area contributed by atoms with Gasteiger partial charge in [-0.2, -0.15) is 0 Å². The van der Waals surface area contributed by atoms with Crippen LogP contribution in [0.5, 0.6) is 0 Å². The first-order valence-electron chi connectivity index (χ1n) is 13.8. The summed E-state index contributed by atoms with van der Waals surface area (Å²) in [4.78, 5) is 33.7. The molecule has 0 aliphatic rings. The van der Waals surface area contributed by atoms with Crippen LogP contribution in [0.25, 0.3) is 0 Å². The quantitative estimate of drug-likeness (QED) is 0.125. The van der Waals surface area contributed by atoms with Gasteiger partial charge in [0.05, 0.1) is 13.1 Å². The second kappa shape index (κ2) is 15.5. The Labute approximate surface area is 251 Å². The molecule has 4 rings (SSSR count). The molecule has 0 fully saturated rings. The van der Waals surface area contributed by atoms with E-state index in [0.717, 1.165) is 33.4 Å². The van der Waals surface area contributed by atoms with Crippen LogP contribution in [0, 0.1) is 0 Å². The molecule has 0 atom stereocenters. The third-order valence-corrected chi connectivity index (χ3v) is 6.52. The average Bonchev–Trinajstić information content (AvgIpc) is 3.02. The van der Waals surface area contributed by atoms with Crippen molar-refractivity contribution < 1.29 is 9.59 Å². The van der Waals surface area contributed by atoms with Crippen molar-refractivity contribution in [3.8, 4) is 0 Å². The molecule has 0 saturated carbocycles. The molecule has 4 aromatic rings. The van der Waals surface area contributed by atoms with Crippen molar-refractivity contribution in [3.05, 3.63) is 142 Å². The van der Waals surface area contributed by atoms with E-state index in [-0.39, 0.29) is 24.4 Å². The molecule has 0 bridgehead atoms. The standard InChI is InChI=1S/C33H36N8O2/c34-19-24-10-6-11-25(16-24)21-38-31(35)40-33(43)41-32(36)39-22-27-13-7-12-26(17-27)20-37-30(42)29-15-5-4-14-28(29)18-23-8-2-1-3-9-23/h1-17H,18-22,34H2,(H,37,42)(H6,35,36,38,39,40,41,43). The average molecular weight is 577 g/mol. The van der Waals surface area contributed by atoms with E-state index in [1.807, 2.05) is 103 Å². The summed E-state index contributed by atoms with van der Waals surface area (Å²) in [6, 6.07) is 32.3. The van der Waals surface area contributed by atoms with Crippen molar-refractivity contribution in [2.45, 2.75) is 32.6 Å². The van der Waals surface area contributed by atoms with Crippen LogP contribution in [0.1, 0.15) is 43.7 Å². The Kier molecular flexibility index (Phi) is 11.0. The summed E-state index contributed by atoms with van der Waals surface area (Å²) in [6.45, 7) is 1.30. The summed E-state index contributed by atoms with van der Waals surface area (Å²) in [5.74, 6) is -0.267. The van der Waals surface area contributed by atoms with E-state index in [0.29, 0.717) is 31.6 Å². The monoisotopic (exact) mass is 576 g/mol. The number of carbonyl (C=O) groups excluding carboxylic acids is 2. The molecule has 0 radical (unpaired) electrons. The summed E-state index contributed by atoms with van der Waals surface area (Å²) >= 11 is 0. The van der Waals surface area contributed by atoms with E-state index in [1.54, 1.807) is 0 Å². The smallest absolute Gasteiger partial charge is 0.328 e. The van der Waals surface area contributed by atoms with Crippen molar-refractivity contribution >= 4 is 23.9 Å². The number of nitrogens with one attached hydrogen (secondary N) is 3. The van der Waals surface area contributed by atoms with Gasteiger partial charge >= 0.3 is 6.03 Å². The van der Waals surface area contributed by atoms with E-state index >= 15 is 0 Å². The fourth-order valence-electron chi connectivity index (χ4n) is 4.38. The highest BCUT2D eigenvalue weighted by Crippen LogP contribution is 2.15. The lowest BCUT2D eigenvalue weighted by Gasteiger charge is -2.11. The lowest BCUT2D eigenvalue weighted by Crippen LogP contribution is -2.48. The number of nitrogens with two attached hydrogens (primary N) is 3. The summed E-state index contributed by atoms with van der Waals surface area (Å²) in [6.07, 6.45) is 0.675. The van der Waals surface area contributed by atoms with Crippen molar-refractivity contribution in [2.24, 2.45) is 27.2 Å². The van der Waals surface area contributed by atoms with E-state index < -0.39 is 6.03 Å². The van der Waals surface area contributed by atoms with Crippen molar-refractivity contribution in [1.82, 2.24) is 16.0 Å². The van der Waals surface area contributed by atoms with Gasteiger partial charge in [-0.15, -0.1) is 0 Å². The maximum atomic E-state index is 13.0. The zero-order valence-corrected chi connectivity index (χ0v) is 23.8. The summed E-state index contributed by atoms with van der Waals surface area (Å²) < 4.78 is 0. The van der Waals surface area contributed by atoms with Crippen LogP contribution in [-0.2, 0) is 32.6 Å². The number of rotatable bonds is 10. The zero-order chi connectivity index (χ0) is 30.4. The first-order chi connectivity index (χ1) is 20.9. The highest BCUT2D eigenvalue weighted by molar-refractivity contribution is 6.03. The minimum Gasteiger partial charge on any atom is -0.370 e. The van der Waals surface area contributed by atoms with Gasteiger partial charge in [0.15, 0.2) is 11.9 Å². The number of nitrogens with zero attached hydrogens (tertiary/aromatic N) is 2. The molecule has 0 aliphatic heterocycles. The first kappa shape index (κ1) is 30.5. The predicted octanol–water partition coefficient (Wildman–Crippen LogP) is 3.29. The van der Waals surface area contributed by atoms with Gasteiger partial charge in [-0.3, -0.25) is 15.4 Å². The van der Waals surface area contributed by atoms with Crippen LogP contribution < -0.4 is 33.2 Å². The fraction of sp³-hybridized carbons (Fsp3) is 0.152. The number of aliphatic imine (C=N–C) groups is 2. The number of urea groups is 1. The van der Waals surface area contributed by atoms with Gasteiger partial charge in [0.25, 0.3) is 5.91 Å². The van der Waals surface area contributed by atoms with Crippen LogP contribution in [-0.4, -0.2) is 23.9 Å². The molecule has 9 N–H and O–H groups in total. The highest BCUT2D eigenvalue weighted by atomic mass is 16.2. The number of amides is 3. The molecule has 0 spiro atoms. The largest absolute Gasteiger partial charge is 0.370 e. The molecule has 0 aromatic heterocycles. The van der Waals surface area contributed by atoms with Crippen LogP contribution in [0.4, 0.5) is 4.79 Å². The van der Waals surface area contributed by atoms with Crippen molar-refractivity contribution in [1.29, 1.82) is 0 Å². The van der Waals surface area contributed by atoms with E-state index in [1.165, 1.54) is 0 Å². The maximum absolute atomic E-state index is 13.0. The van der Waals surface area contributed by atoms with Crippen molar-refractivity contribution in [2.75, 3.05) is 0 Å². The van der Waals surface area contributed by atoms with Gasteiger partial charge in [-0.25, -0.2) is 14.8 Å². The highest BCUT2D eigenvalue weighted by Gasteiger charge is 2.11. The molecule has 10 heteroatoms. The second-order valence-corrected chi connectivity index (χ2v) is 9.83.